The third kappa shape index (κ3) is 4.50. The minimum absolute atomic E-state index is 0.0304. The van der Waals surface area contributed by atoms with Gasteiger partial charge in [-0.2, -0.15) is 0 Å². The highest BCUT2D eigenvalue weighted by molar-refractivity contribution is 8.01. The van der Waals surface area contributed by atoms with Gasteiger partial charge in [-0.05, 0) is 37.3 Å². The van der Waals surface area contributed by atoms with E-state index in [1.807, 2.05) is 0 Å². The zero-order chi connectivity index (χ0) is 20.5. The molecule has 2 N–H and O–H groups in total. The quantitative estimate of drug-likeness (QED) is 0.766. The van der Waals surface area contributed by atoms with Gasteiger partial charge in [-0.1, -0.05) is 0 Å². The molecule has 2 amide bonds. The Hall–Kier alpha value is -2.46. The van der Waals surface area contributed by atoms with Crippen LogP contribution in [0.2, 0.25) is 0 Å². The molecule has 28 heavy (non-hydrogen) atoms. The number of hydrogen-bond acceptors (Lipinski definition) is 5. The van der Waals surface area contributed by atoms with Crippen LogP contribution in [0.25, 0.3) is 0 Å². The molecule has 0 saturated heterocycles. The van der Waals surface area contributed by atoms with E-state index in [1.54, 1.807) is 6.92 Å². The summed E-state index contributed by atoms with van der Waals surface area (Å²) in [5, 5.41) is 4.57. The van der Waals surface area contributed by atoms with Gasteiger partial charge in [0.1, 0.15) is 11.6 Å². The number of thioether (sulfide) groups is 1. The number of fused-ring (bicyclic) bond motifs is 1. The lowest BCUT2D eigenvalue weighted by Gasteiger charge is -2.21. The first kappa shape index (κ1) is 20.3. The summed E-state index contributed by atoms with van der Waals surface area (Å²) in [4.78, 5) is 24.3. The monoisotopic (exact) mass is 426 g/mol. The number of nitrogens with one attached hydrogen (secondary N) is 2. The van der Waals surface area contributed by atoms with Crippen LogP contribution in [0.5, 0.6) is 0 Å². The molecule has 0 bridgehead atoms. The summed E-state index contributed by atoms with van der Waals surface area (Å²) >= 11 is 1.25. The van der Waals surface area contributed by atoms with E-state index in [0.29, 0.717) is 16.6 Å². The van der Waals surface area contributed by atoms with E-state index >= 15 is 0 Å². The molecule has 2 aromatic carbocycles. The van der Waals surface area contributed by atoms with Gasteiger partial charge >= 0.3 is 0 Å². The first-order chi connectivity index (χ1) is 13.2. The van der Waals surface area contributed by atoms with Gasteiger partial charge in [-0.15, -0.1) is 11.8 Å². The van der Waals surface area contributed by atoms with E-state index in [4.69, 9.17) is 0 Å². The fraction of sp³-hybridized carbons (Fsp3) is 0.222. The van der Waals surface area contributed by atoms with Gasteiger partial charge in [-0.25, -0.2) is 17.2 Å². The molecular weight excluding hydrogens is 410 g/mol. The number of amides is 2. The normalized spacial score (nSPS) is 16.2. The number of carbonyl (C=O) groups excluding carboxylic acids is 2. The Kier molecular flexibility index (Phi) is 5.71. The maximum absolute atomic E-state index is 13.6. The summed E-state index contributed by atoms with van der Waals surface area (Å²) in [7, 11) is -3.77. The molecule has 0 aliphatic carbocycles. The molecule has 3 rings (SSSR count). The number of benzene rings is 2. The molecule has 1 heterocycles. The lowest BCUT2D eigenvalue weighted by Crippen LogP contribution is -2.26. The summed E-state index contributed by atoms with van der Waals surface area (Å²) < 4.78 is 51.5. The zero-order valence-electron chi connectivity index (χ0n) is 14.7. The first-order valence-electron chi connectivity index (χ1n) is 8.25. The molecule has 1 aliphatic rings. The summed E-state index contributed by atoms with van der Waals surface area (Å²) in [5.74, 6) is -3.07. The summed E-state index contributed by atoms with van der Waals surface area (Å²) in [5.41, 5.74) is 0.315. The number of halogens is 2. The van der Waals surface area contributed by atoms with E-state index in [2.05, 4.69) is 10.6 Å². The van der Waals surface area contributed by atoms with Crippen LogP contribution in [0.15, 0.2) is 46.2 Å². The topological polar surface area (TPSA) is 92.3 Å². The van der Waals surface area contributed by atoms with Crippen LogP contribution in [0.3, 0.4) is 0 Å². The largest absolute Gasteiger partial charge is 0.324 e. The Morgan fingerprint density at radius 1 is 1.21 bits per heavy atom. The predicted octanol–water partition coefficient (Wildman–Crippen LogP) is 3.20. The highest BCUT2D eigenvalue weighted by Crippen LogP contribution is 2.37. The van der Waals surface area contributed by atoms with Gasteiger partial charge in [0.25, 0.3) is 0 Å². The number of anilines is 2. The van der Waals surface area contributed by atoms with Gasteiger partial charge in [0.2, 0.25) is 11.8 Å². The number of rotatable bonds is 5. The summed E-state index contributed by atoms with van der Waals surface area (Å²) in [6.45, 7) is 1.71. The molecule has 1 atom stereocenters. The van der Waals surface area contributed by atoms with Crippen molar-refractivity contribution in [1.29, 1.82) is 0 Å². The Morgan fingerprint density at radius 2 is 1.96 bits per heavy atom. The number of hydrogen-bond donors (Lipinski definition) is 2. The molecule has 10 heteroatoms. The standard InChI is InChI=1S/C18H16F2N2O4S2/c1-10-18(24)22-15-5-3-12(9-16(15)27-10)28(25,26)7-6-17(23)21-14-4-2-11(19)8-13(14)20/h2-5,8-10H,6-7H2,1H3,(H,21,23)(H,22,24). The summed E-state index contributed by atoms with van der Waals surface area (Å²) in [6.07, 6.45) is -0.392. The van der Waals surface area contributed by atoms with Crippen molar-refractivity contribution in [2.75, 3.05) is 16.4 Å². The van der Waals surface area contributed by atoms with Gasteiger partial charge in [0.05, 0.1) is 27.3 Å². The number of carbonyl (C=O) groups is 2. The lowest BCUT2D eigenvalue weighted by molar-refractivity contribution is -0.116. The van der Waals surface area contributed by atoms with Crippen molar-refractivity contribution in [2.24, 2.45) is 0 Å². The van der Waals surface area contributed by atoms with Crippen molar-refractivity contribution in [2.45, 2.75) is 28.4 Å². The van der Waals surface area contributed by atoms with Crippen LogP contribution in [0.1, 0.15) is 13.3 Å². The first-order valence-corrected chi connectivity index (χ1v) is 10.8. The van der Waals surface area contributed by atoms with E-state index in [9.17, 15) is 26.8 Å². The molecule has 148 valence electrons. The second kappa shape index (κ2) is 7.88. The Bertz CT molecular complexity index is 1060. The third-order valence-corrected chi connectivity index (χ3v) is 6.92. The van der Waals surface area contributed by atoms with Crippen molar-refractivity contribution in [3.63, 3.8) is 0 Å². The van der Waals surface area contributed by atoms with Gasteiger partial charge in [0, 0.05) is 17.4 Å². The second-order valence-electron chi connectivity index (χ2n) is 6.15. The SMILES string of the molecule is CC1Sc2cc(S(=O)(=O)CCC(=O)Nc3ccc(F)cc3F)ccc2NC1=O. The van der Waals surface area contributed by atoms with Gasteiger partial charge < -0.3 is 10.6 Å². The molecule has 0 saturated carbocycles. The lowest BCUT2D eigenvalue weighted by atomic mass is 10.3. The van der Waals surface area contributed by atoms with Crippen LogP contribution in [0.4, 0.5) is 20.2 Å². The molecular formula is C18H16F2N2O4S2. The highest BCUT2D eigenvalue weighted by Gasteiger charge is 2.25. The van der Waals surface area contributed by atoms with E-state index in [1.165, 1.54) is 30.0 Å². The third-order valence-electron chi connectivity index (χ3n) is 4.05. The molecule has 2 aromatic rings. The van der Waals surface area contributed by atoms with Crippen LogP contribution in [-0.2, 0) is 19.4 Å². The van der Waals surface area contributed by atoms with E-state index in [-0.39, 0.29) is 21.7 Å². The van der Waals surface area contributed by atoms with Crippen LogP contribution in [0, 0.1) is 11.6 Å². The maximum Gasteiger partial charge on any atom is 0.237 e. The molecule has 0 fully saturated rings. The van der Waals surface area contributed by atoms with Gasteiger partial charge in [0.15, 0.2) is 9.84 Å². The zero-order valence-corrected chi connectivity index (χ0v) is 16.3. The Labute approximate surface area is 164 Å². The van der Waals surface area contributed by atoms with Crippen molar-refractivity contribution in [3.8, 4) is 0 Å². The van der Waals surface area contributed by atoms with E-state index < -0.39 is 39.6 Å². The number of sulfone groups is 1. The minimum Gasteiger partial charge on any atom is -0.324 e. The van der Waals surface area contributed by atoms with Crippen molar-refractivity contribution < 1.29 is 26.8 Å². The fourth-order valence-electron chi connectivity index (χ4n) is 2.52. The maximum atomic E-state index is 13.6. The average Bonchev–Trinajstić information content (AvgIpc) is 2.63. The van der Waals surface area contributed by atoms with Gasteiger partial charge in [-0.3, -0.25) is 9.59 Å². The summed E-state index contributed by atoms with van der Waals surface area (Å²) in [6, 6.07) is 7.00. The molecule has 1 unspecified atom stereocenters. The van der Waals surface area contributed by atoms with Crippen molar-refractivity contribution in [3.05, 3.63) is 48.0 Å². The fourth-order valence-corrected chi connectivity index (χ4v) is 4.85. The minimum atomic E-state index is -3.77. The van der Waals surface area contributed by atoms with Crippen LogP contribution in [-0.4, -0.2) is 31.2 Å². The van der Waals surface area contributed by atoms with E-state index in [0.717, 1.165) is 12.1 Å². The Balaban J connectivity index is 1.68. The highest BCUT2D eigenvalue weighted by atomic mass is 32.2. The Morgan fingerprint density at radius 3 is 2.68 bits per heavy atom. The van der Waals surface area contributed by atoms with Crippen molar-refractivity contribution >= 4 is 44.8 Å². The molecule has 1 aliphatic heterocycles. The molecule has 0 aromatic heterocycles. The molecule has 6 nitrogen and oxygen atoms in total. The van der Waals surface area contributed by atoms with Crippen LogP contribution >= 0.6 is 11.8 Å². The molecule has 0 radical (unpaired) electrons. The average molecular weight is 426 g/mol. The predicted molar refractivity (Wildman–Crippen MR) is 102 cm³/mol. The smallest absolute Gasteiger partial charge is 0.237 e. The van der Waals surface area contributed by atoms with Crippen molar-refractivity contribution in [1.82, 2.24) is 0 Å². The van der Waals surface area contributed by atoms with Crippen LogP contribution < -0.4 is 10.6 Å². The molecule has 0 spiro atoms. The second-order valence-corrected chi connectivity index (χ2v) is 9.64.